The Balaban J connectivity index is 1.24. The van der Waals surface area contributed by atoms with Gasteiger partial charge in [-0.1, -0.05) is 164 Å². The van der Waals surface area contributed by atoms with Crippen molar-refractivity contribution >= 4 is 71.4 Å². The van der Waals surface area contributed by atoms with E-state index in [-0.39, 0.29) is 0 Å². The molecule has 256 valence electrons. The number of fused-ring (bicyclic) bond motifs is 6. The van der Waals surface area contributed by atoms with Crippen molar-refractivity contribution in [1.82, 2.24) is 0 Å². The minimum atomic E-state index is -0.684. The number of hydrogen-bond donors (Lipinski definition) is 0. The van der Waals surface area contributed by atoms with E-state index in [1.807, 2.05) is 0 Å². The van der Waals surface area contributed by atoms with Crippen LogP contribution in [-0.2, 0) is 0 Å². The second kappa shape index (κ2) is 13.3. The van der Waals surface area contributed by atoms with Gasteiger partial charge < -0.3 is 9.80 Å². The Morgan fingerprint density at radius 2 is 0.778 bits per heavy atom. The average Bonchev–Trinajstić information content (AvgIpc) is 3.25. The van der Waals surface area contributed by atoms with Gasteiger partial charge >= 0.3 is 0 Å². The Hall–Kier alpha value is -6.90. The molecule has 2 nitrogen and oxygen atoms in total. The summed E-state index contributed by atoms with van der Waals surface area (Å²) >= 11 is 0. The second-order valence-electron chi connectivity index (χ2n) is 14.2. The third-order valence-electron chi connectivity index (χ3n) is 11.0. The highest BCUT2D eigenvalue weighted by Gasteiger charge is 2.43. The first-order valence-electron chi connectivity index (χ1n) is 18.7. The van der Waals surface area contributed by atoms with Crippen LogP contribution >= 0.6 is 0 Å². The van der Waals surface area contributed by atoms with Gasteiger partial charge in [-0.15, -0.1) is 0 Å². The minimum absolute atomic E-state index is 0.684. The first-order valence-corrected chi connectivity index (χ1v) is 18.7. The van der Waals surface area contributed by atoms with E-state index < -0.39 is 5.66 Å². The molecule has 9 aromatic carbocycles. The summed E-state index contributed by atoms with van der Waals surface area (Å²) in [6.07, 6.45) is 7.91. The van der Waals surface area contributed by atoms with Crippen LogP contribution in [0.5, 0.6) is 0 Å². The first kappa shape index (κ1) is 31.8. The lowest BCUT2D eigenvalue weighted by atomic mass is 9.87. The lowest BCUT2D eigenvalue weighted by molar-refractivity contribution is 0.526. The molecule has 2 heteroatoms. The summed E-state index contributed by atoms with van der Waals surface area (Å²) in [5.41, 5.74) is 6.24. The van der Waals surface area contributed by atoms with Crippen LogP contribution < -0.4 is 9.80 Å². The van der Waals surface area contributed by atoms with E-state index in [1.54, 1.807) is 0 Å². The molecule has 0 aliphatic heterocycles. The fourth-order valence-corrected chi connectivity index (χ4v) is 8.52. The van der Waals surface area contributed by atoms with Gasteiger partial charge in [0.05, 0.1) is 0 Å². The van der Waals surface area contributed by atoms with E-state index in [0.717, 1.165) is 29.2 Å². The fraction of sp³-hybridized carbons (Fsp3) is 0.0385. The molecule has 0 fully saturated rings. The summed E-state index contributed by atoms with van der Waals surface area (Å²) < 4.78 is 0. The SMILES string of the molecule is C1=CC(N(c2ccccc2)c2ccc3c(ccc4ccccc43)c2)(N(c2ccccc2)c2ccc3c(ccc4ccccc43)c2)CC=C1c1ccccc1. The summed E-state index contributed by atoms with van der Waals surface area (Å²) in [7, 11) is 0. The predicted octanol–water partition coefficient (Wildman–Crippen LogP) is 14.0. The molecule has 0 aromatic heterocycles. The molecule has 0 saturated heterocycles. The molecule has 54 heavy (non-hydrogen) atoms. The topological polar surface area (TPSA) is 6.48 Å². The van der Waals surface area contributed by atoms with Gasteiger partial charge in [-0.05, 0) is 109 Å². The van der Waals surface area contributed by atoms with Gasteiger partial charge in [0, 0.05) is 29.2 Å². The Morgan fingerprint density at radius 3 is 1.26 bits per heavy atom. The van der Waals surface area contributed by atoms with E-state index >= 15 is 0 Å². The van der Waals surface area contributed by atoms with Gasteiger partial charge in [-0.3, -0.25) is 0 Å². The average molecular weight is 691 g/mol. The molecular formula is C52H38N2. The van der Waals surface area contributed by atoms with Crippen LogP contribution in [0, 0.1) is 0 Å². The summed E-state index contributed by atoms with van der Waals surface area (Å²) in [6, 6.07) is 72.9. The summed E-state index contributed by atoms with van der Waals surface area (Å²) in [5, 5.41) is 9.98. The number of rotatable bonds is 7. The van der Waals surface area contributed by atoms with Crippen molar-refractivity contribution in [1.29, 1.82) is 0 Å². The maximum Gasteiger partial charge on any atom is 0.145 e. The molecule has 0 spiro atoms. The highest BCUT2D eigenvalue weighted by atomic mass is 15.4. The number of allylic oxidation sites excluding steroid dienone is 2. The fourth-order valence-electron chi connectivity index (χ4n) is 8.52. The van der Waals surface area contributed by atoms with E-state index in [1.165, 1.54) is 54.2 Å². The van der Waals surface area contributed by atoms with E-state index in [0.29, 0.717) is 0 Å². The Labute approximate surface area is 316 Å². The van der Waals surface area contributed by atoms with E-state index in [9.17, 15) is 0 Å². The van der Waals surface area contributed by atoms with Crippen molar-refractivity contribution in [3.05, 3.63) is 224 Å². The maximum atomic E-state index is 2.55. The van der Waals surface area contributed by atoms with E-state index in [4.69, 9.17) is 0 Å². The number of anilines is 4. The molecule has 0 N–H and O–H groups in total. The molecule has 1 aliphatic carbocycles. The number of benzene rings is 9. The second-order valence-corrected chi connectivity index (χ2v) is 14.2. The zero-order valence-electron chi connectivity index (χ0n) is 29.9. The van der Waals surface area contributed by atoms with Gasteiger partial charge in [-0.25, -0.2) is 0 Å². The number of hydrogen-bond acceptors (Lipinski definition) is 2. The van der Waals surface area contributed by atoms with Crippen LogP contribution in [0.3, 0.4) is 0 Å². The third kappa shape index (κ3) is 5.43. The summed E-state index contributed by atoms with van der Waals surface area (Å²) in [4.78, 5) is 5.10. The molecule has 0 saturated carbocycles. The summed E-state index contributed by atoms with van der Waals surface area (Å²) in [6.45, 7) is 0. The van der Waals surface area contributed by atoms with Crippen molar-refractivity contribution in [2.45, 2.75) is 12.1 Å². The van der Waals surface area contributed by atoms with Crippen LogP contribution in [0.15, 0.2) is 218 Å². The van der Waals surface area contributed by atoms with Gasteiger partial charge in [0.25, 0.3) is 0 Å². The van der Waals surface area contributed by atoms with Crippen molar-refractivity contribution < 1.29 is 0 Å². The van der Waals surface area contributed by atoms with Crippen LogP contribution in [0.4, 0.5) is 22.7 Å². The van der Waals surface area contributed by atoms with Gasteiger partial charge in [0.2, 0.25) is 0 Å². The van der Waals surface area contributed by atoms with Crippen molar-refractivity contribution in [3.8, 4) is 0 Å². The molecule has 0 unspecified atom stereocenters. The molecule has 0 radical (unpaired) electrons. The molecule has 0 atom stereocenters. The molecule has 0 amide bonds. The quantitative estimate of drug-likeness (QED) is 0.121. The molecule has 0 heterocycles. The van der Waals surface area contributed by atoms with Gasteiger partial charge in [0.15, 0.2) is 0 Å². The van der Waals surface area contributed by atoms with Gasteiger partial charge in [-0.2, -0.15) is 0 Å². The molecule has 9 aromatic rings. The largest absolute Gasteiger partial charge is 0.314 e. The Morgan fingerprint density at radius 1 is 0.352 bits per heavy atom. The highest BCUT2D eigenvalue weighted by Crippen LogP contribution is 2.48. The minimum Gasteiger partial charge on any atom is -0.314 e. The Bertz CT molecular complexity index is 2690. The molecule has 0 bridgehead atoms. The normalized spacial score (nSPS) is 13.7. The lowest BCUT2D eigenvalue weighted by Crippen LogP contribution is -2.57. The third-order valence-corrected chi connectivity index (χ3v) is 11.0. The van der Waals surface area contributed by atoms with Crippen molar-refractivity contribution in [2.75, 3.05) is 9.80 Å². The number of nitrogens with zero attached hydrogens (tertiary/aromatic N) is 2. The number of para-hydroxylation sites is 2. The van der Waals surface area contributed by atoms with Crippen LogP contribution in [0.2, 0.25) is 0 Å². The smallest absolute Gasteiger partial charge is 0.145 e. The van der Waals surface area contributed by atoms with Crippen LogP contribution in [-0.4, -0.2) is 5.66 Å². The molecule has 10 rings (SSSR count). The maximum absolute atomic E-state index is 2.55. The van der Waals surface area contributed by atoms with Crippen molar-refractivity contribution in [2.24, 2.45) is 0 Å². The highest BCUT2D eigenvalue weighted by molar-refractivity contribution is 6.09. The zero-order valence-corrected chi connectivity index (χ0v) is 29.9. The van der Waals surface area contributed by atoms with E-state index in [2.05, 4.69) is 228 Å². The molecule has 1 aliphatic rings. The molecular weight excluding hydrogens is 653 g/mol. The Kier molecular flexibility index (Phi) is 7.81. The van der Waals surface area contributed by atoms with Crippen LogP contribution in [0.1, 0.15) is 12.0 Å². The standard InChI is InChI=1S/C52H38N2/c1-4-14-38(15-5-1)39-32-34-52(35-33-39,53(44-18-6-2-7-19-44)46-28-30-50-42(36-46)26-24-40-16-10-12-22-48(40)50)54(45-20-8-3-9-21-45)47-29-31-51-43(37-47)27-25-41-17-11-13-23-49(41)51/h1-34,36-37H,35H2. The first-order chi connectivity index (χ1) is 26.7. The van der Waals surface area contributed by atoms with Crippen LogP contribution in [0.25, 0.3) is 48.7 Å². The van der Waals surface area contributed by atoms with Gasteiger partial charge in [0.1, 0.15) is 5.66 Å². The lowest BCUT2D eigenvalue weighted by Gasteiger charge is -2.52. The van der Waals surface area contributed by atoms with Crippen molar-refractivity contribution in [3.63, 3.8) is 0 Å². The predicted molar refractivity (Wildman–Crippen MR) is 231 cm³/mol. The monoisotopic (exact) mass is 690 g/mol. The zero-order chi connectivity index (χ0) is 35.9. The summed E-state index contributed by atoms with van der Waals surface area (Å²) in [5.74, 6) is 0.